The van der Waals surface area contributed by atoms with E-state index in [1.807, 2.05) is 0 Å². The predicted molar refractivity (Wildman–Crippen MR) is 99.4 cm³/mol. The number of nitrogens with one attached hydrogen (secondary N) is 1. The van der Waals surface area contributed by atoms with E-state index in [4.69, 9.17) is 0 Å². The third kappa shape index (κ3) is 4.35. The molecule has 144 valence electrons. The molecule has 2 N–H and O–H groups in total. The van der Waals surface area contributed by atoms with Gasteiger partial charge in [-0.15, -0.1) is 0 Å². The molecular formula is C19H21FN2O4S. The van der Waals surface area contributed by atoms with Gasteiger partial charge in [0.15, 0.2) is 0 Å². The van der Waals surface area contributed by atoms with Crippen molar-refractivity contribution in [2.45, 2.75) is 30.2 Å². The zero-order valence-electron chi connectivity index (χ0n) is 14.6. The minimum absolute atomic E-state index is 0.00889. The van der Waals surface area contributed by atoms with Crippen LogP contribution in [-0.2, 0) is 10.0 Å². The van der Waals surface area contributed by atoms with Crippen LogP contribution >= 0.6 is 0 Å². The van der Waals surface area contributed by atoms with Crippen LogP contribution in [0, 0.1) is 5.82 Å². The largest absolute Gasteiger partial charge is 0.395 e. The molecule has 2 aromatic carbocycles. The van der Waals surface area contributed by atoms with Gasteiger partial charge in [-0.05, 0) is 55.3 Å². The number of benzene rings is 2. The lowest BCUT2D eigenvalue weighted by molar-refractivity contribution is 0.102. The molecule has 1 amide bonds. The molecule has 6 nitrogen and oxygen atoms in total. The summed E-state index contributed by atoms with van der Waals surface area (Å²) in [5, 5.41) is 12.1. The van der Waals surface area contributed by atoms with Gasteiger partial charge in [0.05, 0.1) is 11.5 Å². The van der Waals surface area contributed by atoms with Crippen molar-refractivity contribution >= 4 is 21.6 Å². The van der Waals surface area contributed by atoms with Gasteiger partial charge in [-0.1, -0.05) is 12.5 Å². The number of piperidine rings is 1. The summed E-state index contributed by atoms with van der Waals surface area (Å²) in [6.45, 7) is 0.115. The number of nitrogens with zero attached hydrogens (tertiary/aromatic N) is 1. The molecule has 0 aliphatic carbocycles. The van der Waals surface area contributed by atoms with Gasteiger partial charge in [-0.2, -0.15) is 4.31 Å². The average molecular weight is 392 g/mol. The number of halogens is 1. The highest BCUT2D eigenvalue weighted by Gasteiger charge is 2.33. The van der Waals surface area contributed by atoms with Crippen molar-refractivity contribution in [2.24, 2.45) is 0 Å². The first-order chi connectivity index (χ1) is 12.9. The summed E-state index contributed by atoms with van der Waals surface area (Å²) >= 11 is 0. The van der Waals surface area contributed by atoms with Crippen molar-refractivity contribution in [1.82, 2.24) is 4.31 Å². The second kappa shape index (κ2) is 8.16. The standard InChI is InChI=1S/C19H21FN2O4S/c20-15-7-9-16(10-8-15)21-19(24)14-4-3-6-18(12-14)27(25,26)22-11-2-1-5-17(22)13-23/h3-4,6-10,12,17,23H,1-2,5,11,13H2,(H,21,24). The Bertz CT molecular complexity index is 916. The monoisotopic (exact) mass is 392 g/mol. The molecule has 1 unspecified atom stereocenters. The van der Waals surface area contributed by atoms with Crippen LogP contribution in [0.25, 0.3) is 0 Å². The van der Waals surface area contributed by atoms with Gasteiger partial charge in [0, 0.05) is 23.8 Å². The number of anilines is 1. The van der Waals surface area contributed by atoms with Crippen molar-refractivity contribution in [3.63, 3.8) is 0 Å². The molecule has 8 heteroatoms. The van der Waals surface area contributed by atoms with E-state index in [0.29, 0.717) is 18.7 Å². The molecule has 0 spiro atoms. The van der Waals surface area contributed by atoms with E-state index in [2.05, 4.69) is 5.32 Å². The topological polar surface area (TPSA) is 86.7 Å². The normalized spacial score (nSPS) is 18.2. The fraction of sp³-hybridized carbons (Fsp3) is 0.316. The third-order valence-electron chi connectivity index (χ3n) is 4.59. The van der Waals surface area contributed by atoms with Gasteiger partial charge in [-0.25, -0.2) is 12.8 Å². The summed E-state index contributed by atoms with van der Waals surface area (Å²) in [6.07, 6.45) is 2.22. The van der Waals surface area contributed by atoms with Crippen LogP contribution in [0.4, 0.5) is 10.1 Å². The van der Waals surface area contributed by atoms with Crippen LogP contribution in [0.2, 0.25) is 0 Å². The SMILES string of the molecule is O=C(Nc1ccc(F)cc1)c1cccc(S(=O)(=O)N2CCCCC2CO)c1. The molecule has 1 atom stereocenters. The lowest BCUT2D eigenvalue weighted by Crippen LogP contribution is -2.45. The van der Waals surface area contributed by atoms with E-state index in [9.17, 15) is 22.7 Å². The Morgan fingerprint density at radius 3 is 2.63 bits per heavy atom. The number of carbonyl (C=O) groups is 1. The summed E-state index contributed by atoms with van der Waals surface area (Å²) in [5.41, 5.74) is 0.587. The maximum Gasteiger partial charge on any atom is 0.255 e. The number of amides is 1. The summed E-state index contributed by atoms with van der Waals surface area (Å²) in [5.74, 6) is -0.905. The van der Waals surface area contributed by atoms with Crippen molar-refractivity contribution in [2.75, 3.05) is 18.5 Å². The lowest BCUT2D eigenvalue weighted by atomic mass is 10.1. The zero-order chi connectivity index (χ0) is 19.4. The fourth-order valence-electron chi connectivity index (χ4n) is 3.14. The number of rotatable bonds is 5. The lowest BCUT2D eigenvalue weighted by Gasteiger charge is -2.33. The number of sulfonamides is 1. The molecule has 1 saturated heterocycles. The molecular weight excluding hydrogens is 371 g/mol. The molecule has 1 aliphatic rings. The number of hydrogen-bond acceptors (Lipinski definition) is 4. The highest BCUT2D eigenvalue weighted by Crippen LogP contribution is 2.26. The molecule has 1 aliphatic heterocycles. The van der Waals surface area contributed by atoms with Gasteiger partial charge in [0.2, 0.25) is 10.0 Å². The molecule has 1 fully saturated rings. The van der Waals surface area contributed by atoms with Gasteiger partial charge in [0.25, 0.3) is 5.91 Å². The maximum atomic E-state index is 13.0. The second-order valence-corrected chi connectivity index (χ2v) is 8.33. The van der Waals surface area contributed by atoms with Crippen LogP contribution in [0.15, 0.2) is 53.4 Å². The van der Waals surface area contributed by atoms with Crippen LogP contribution in [0.1, 0.15) is 29.6 Å². The Morgan fingerprint density at radius 1 is 1.19 bits per heavy atom. The smallest absolute Gasteiger partial charge is 0.255 e. The molecule has 0 radical (unpaired) electrons. The Morgan fingerprint density at radius 2 is 1.93 bits per heavy atom. The first kappa shape index (κ1) is 19.5. The van der Waals surface area contributed by atoms with Gasteiger partial charge in [0.1, 0.15) is 5.82 Å². The maximum absolute atomic E-state index is 13.0. The zero-order valence-corrected chi connectivity index (χ0v) is 15.5. The molecule has 0 bridgehead atoms. The summed E-state index contributed by atoms with van der Waals surface area (Å²) in [7, 11) is -3.81. The van der Waals surface area contributed by atoms with E-state index in [0.717, 1.165) is 12.8 Å². The Hall–Kier alpha value is -2.29. The van der Waals surface area contributed by atoms with Gasteiger partial charge < -0.3 is 10.4 Å². The summed E-state index contributed by atoms with van der Waals surface area (Å²) in [4.78, 5) is 12.4. The van der Waals surface area contributed by atoms with Gasteiger partial charge >= 0.3 is 0 Å². The highest BCUT2D eigenvalue weighted by molar-refractivity contribution is 7.89. The molecule has 1 heterocycles. The van der Waals surface area contributed by atoms with Crippen LogP contribution < -0.4 is 5.32 Å². The fourth-order valence-corrected chi connectivity index (χ4v) is 4.87. The molecule has 2 aromatic rings. The summed E-state index contributed by atoms with van der Waals surface area (Å²) < 4.78 is 40.2. The minimum atomic E-state index is -3.81. The number of aliphatic hydroxyl groups excluding tert-OH is 1. The van der Waals surface area contributed by atoms with E-state index in [1.165, 1.54) is 52.8 Å². The molecule has 27 heavy (non-hydrogen) atoms. The molecule has 0 saturated carbocycles. The van der Waals surface area contributed by atoms with Crippen LogP contribution in [0.3, 0.4) is 0 Å². The Kier molecular flexibility index (Phi) is 5.88. The molecule has 3 rings (SSSR count). The Labute approximate surface area is 157 Å². The van der Waals surface area contributed by atoms with E-state index in [1.54, 1.807) is 0 Å². The first-order valence-corrected chi connectivity index (χ1v) is 10.2. The first-order valence-electron chi connectivity index (χ1n) is 8.71. The quantitative estimate of drug-likeness (QED) is 0.819. The van der Waals surface area contributed by atoms with Crippen molar-refractivity contribution in [3.05, 3.63) is 59.9 Å². The molecule has 0 aromatic heterocycles. The van der Waals surface area contributed by atoms with Crippen molar-refractivity contribution < 1.29 is 22.7 Å². The predicted octanol–water partition coefficient (Wildman–Crippen LogP) is 2.61. The number of carbonyl (C=O) groups excluding carboxylic acids is 1. The van der Waals surface area contributed by atoms with Gasteiger partial charge in [-0.3, -0.25) is 4.79 Å². The second-order valence-electron chi connectivity index (χ2n) is 6.44. The number of hydrogen-bond donors (Lipinski definition) is 2. The average Bonchev–Trinajstić information content (AvgIpc) is 2.69. The van der Waals surface area contributed by atoms with Crippen LogP contribution in [-0.4, -0.2) is 42.9 Å². The number of aliphatic hydroxyl groups is 1. The van der Waals surface area contributed by atoms with Crippen molar-refractivity contribution in [1.29, 1.82) is 0 Å². The van der Waals surface area contributed by atoms with E-state index in [-0.39, 0.29) is 17.1 Å². The third-order valence-corrected chi connectivity index (χ3v) is 6.54. The van der Waals surface area contributed by atoms with E-state index < -0.39 is 27.8 Å². The highest BCUT2D eigenvalue weighted by atomic mass is 32.2. The summed E-state index contributed by atoms with van der Waals surface area (Å²) in [6, 6.07) is 10.6. The van der Waals surface area contributed by atoms with E-state index >= 15 is 0 Å². The minimum Gasteiger partial charge on any atom is -0.395 e. The van der Waals surface area contributed by atoms with Crippen LogP contribution in [0.5, 0.6) is 0 Å². The van der Waals surface area contributed by atoms with Crippen molar-refractivity contribution in [3.8, 4) is 0 Å². The Balaban J connectivity index is 1.83.